The summed E-state index contributed by atoms with van der Waals surface area (Å²) in [5, 5.41) is 4.37. The van der Waals surface area contributed by atoms with E-state index < -0.39 is 24.3 Å². The van der Waals surface area contributed by atoms with Gasteiger partial charge in [-0.2, -0.15) is 0 Å². The molecule has 0 fully saturated rings. The Morgan fingerprint density at radius 2 is 1.81 bits per heavy atom. The van der Waals surface area contributed by atoms with E-state index in [1.165, 1.54) is 12.1 Å². The number of rotatable bonds is 5. The van der Waals surface area contributed by atoms with Crippen LogP contribution in [0, 0.1) is 5.82 Å². The molecule has 0 bridgehead atoms. The quantitative estimate of drug-likeness (QED) is 0.625. The molecule has 0 aliphatic rings. The highest BCUT2D eigenvalue weighted by Crippen LogP contribution is 2.20. The second-order valence-corrected chi connectivity index (χ2v) is 6.56. The van der Waals surface area contributed by atoms with E-state index in [1.807, 2.05) is 42.5 Å². The second kappa shape index (κ2) is 8.10. The van der Waals surface area contributed by atoms with Gasteiger partial charge >= 0.3 is 5.97 Å². The van der Waals surface area contributed by atoms with Crippen molar-refractivity contribution in [2.45, 2.75) is 6.42 Å². The number of carbonyl (C=O) groups excluding carboxylic acids is 2. The molecule has 0 radical (unpaired) electrons. The van der Waals surface area contributed by atoms with Gasteiger partial charge in [-0.25, -0.2) is 4.39 Å². The van der Waals surface area contributed by atoms with E-state index in [0.29, 0.717) is 4.47 Å². The first-order valence-corrected chi connectivity index (χ1v) is 8.69. The van der Waals surface area contributed by atoms with E-state index in [-0.39, 0.29) is 12.1 Å². The zero-order valence-corrected chi connectivity index (χ0v) is 15.3. The Hall–Kier alpha value is -2.73. The summed E-state index contributed by atoms with van der Waals surface area (Å²) < 4.78 is 19.3. The lowest BCUT2D eigenvalue weighted by Gasteiger charge is -2.09. The van der Waals surface area contributed by atoms with E-state index >= 15 is 0 Å². The Kier molecular flexibility index (Phi) is 5.63. The number of hydrogen-bond acceptors (Lipinski definition) is 3. The standard InChI is InChI=1S/C20H15BrFNO3/c21-15-8-9-18(17(22)11-15)23-19(24)12-26-20(25)10-14-6-3-5-13-4-1-2-7-16(13)14/h1-9,11H,10,12H2,(H,23,24). The van der Waals surface area contributed by atoms with Gasteiger partial charge in [0.25, 0.3) is 5.91 Å². The fourth-order valence-corrected chi connectivity index (χ4v) is 2.91. The van der Waals surface area contributed by atoms with Crippen molar-refractivity contribution >= 4 is 44.3 Å². The van der Waals surface area contributed by atoms with E-state index in [4.69, 9.17) is 4.74 Å². The van der Waals surface area contributed by atoms with Crippen LogP contribution in [-0.2, 0) is 20.7 Å². The van der Waals surface area contributed by atoms with Crippen molar-refractivity contribution in [2.75, 3.05) is 11.9 Å². The molecule has 0 saturated heterocycles. The van der Waals surface area contributed by atoms with Crippen LogP contribution in [0.3, 0.4) is 0 Å². The summed E-state index contributed by atoms with van der Waals surface area (Å²) in [6.07, 6.45) is 0.0568. The number of halogens is 2. The number of ether oxygens (including phenoxy) is 1. The molecule has 0 aromatic heterocycles. The molecule has 132 valence electrons. The fourth-order valence-electron chi connectivity index (χ4n) is 2.58. The Labute approximate surface area is 158 Å². The number of hydrogen-bond donors (Lipinski definition) is 1. The van der Waals surface area contributed by atoms with Crippen LogP contribution in [0.2, 0.25) is 0 Å². The molecule has 0 aliphatic heterocycles. The van der Waals surface area contributed by atoms with Gasteiger partial charge < -0.3 is 10.1 Å². The van der Waals surface area contributed by atoms with Gasteiger partial charge in [-0.05, 0) is 34.5 Å². The van der Waals surface area contributed by atoms with Crippen molar-refractivity contribution in [3.05, 3.63) is 76.5 Å². The van der Waals surface area contributed by atoms with Crippen LogP contribution in [0.1, 0.15) is 5.56 Å². The lowest BCUT2D eigenvalue weighted by molar-refractivity contribution is -0.146. The average Bonchev–Trinajstić information content (AvgIpc) is 2.63. The lowest BCUT2D eigenvalue weighted by atomic mass is 10.0. The first kappa shape index (κ1) is 18.1. The average molecular weight is 416 g/mol. The summed E-state index contributed by atoms with van der Waals surface area (Å²) in [5.41, 5.74) is 0.857. The van der Waals surface area contributed by atoms with Gasteiger partial charge in [-0.3, -0.25) is 9.59 Å². The van der Waals surface area contributed by atoms with Gasteiger partial charge in [-0.1, -0.05) is 58.4 Å². The summed E-state index contributed by atoms with van der Waals surface area (Å²) >= 11 is 3.14. The van der Waals surface area contributed by atoms with Crippen LogP contribution < -0.4 is 5.32 Å². The smallest absolute Gasteiger partial charge is 0.310 e. The zero-order valence-electron chi connectivity index (χ0n) is 13.7. The molecule has 0 spiro atoms. The molecule has 3 aromatic carbocycles. The van der Waals surface area contributed by atoms with Gasteiger partial charge in [0.05, 0.1) is 12.1 Å². The van der Waals surface area contributed by atoms with E-state index in [1.54, 1.807) is 6.07 Å². The van der Waals surface area contributed by atoms with E-state index in [2.05, 4.69) is 21.2 Å². The first-order chi connectivity index (χ1) is 12.5. The van der Waals surface area contributed by atoms with E-state index in [0.717, 1.165) is 16.3 Å². The number of nitrogens with one attached hydrogen (secondary N) is 1. The largest absolute Gasteiger partial charge is 0.455 e. The molecular weight excluding hydrogens is 401 g/mol. The summed E-state index contributed by atoms with van der Waals surface area (Å²) in [7, 11) is 0. The predicted molar refractivity (Wildman–Crippen MR) is 101 cm³/mol. The SMILES string of the molecule is O=C(COC(=O)Cc1cccc2ccccc12)Nc1ccc(Br)cc1F. The van der Waals surface area contributed by atoms with Crippen LogP contribution in [-0.4, -0.2) is 18.5 Å². The third-order valence-corrected chi connectivity index (χ3v) is 4.28. The van der Waals surface area contributed by atoms with Gasteiger partial charge in [0.2, 0.25) is 0 Å². The third-order valence-electron chi connectivity index (χ3n) is 3.78. The molecule has 0 aliphatic carbocycles. The first-order valence-electron chi connectivity index (χ1n) is 7.90. The van der Waals surface area contributed by atoms with Crippen molar-refractivity contribution in [3.63, 3.8) is 0 Å². The Bertz CT molecular complexity index is 969. The van der Waals surface area contributed by atoms with E-state index in [9.17, 15) is 14.0 Å². The summed E-state index contributed by atoms with van der Waals surface area (Å²) in [6, 6.07) is 17.7. The molecule has 1 amide bonds. The lowest BCUT2D eigenvalue weighted by Crippen LogP contribution is -2.22. The third kappa shape index (κ3) is 4.46. The minimum absolute atomic E-state index is 0.0308. The van der Waals surface area contributed by atoms with Gasteiger partial charge in [0.1, 0.15) is 5.82 Å². The monoisotopic (exact) mass is 415 g/mol. The van der Waals surface area contributed by atoms with Crippen molar-refractivity contribution < 1.29 is 18.7 Å². The highest BCUT2D eigenvalue weighted by Gasteiger charge is 2.12. The summed E-state index contributed by atoms with van der Waals surface area (Å²) in [6.45, 7) is -0.473. The molecule has 3 rings (SSSR count). The molecule has 3 aromatic rings. The second-order valence-electron chi connectivity index (χ2n) is 5.65. The molecule has 0 heterocycles. The normalized spacial score (nSPS) is 10.5. The van der Waals surface area contributed by atoms with Crippen LogP contribution in [0.5, 0.6) is 0 Å². The molecular formula is C20H15BrFNO3. The molecule has 4 nitrogen and oxygen atoms in total. The number of amides is 1. The van der Waals surface area contributed by atoms with Crippen molar-refractivity contribution in [1.82, 2.24) is 0 Å². The maximum Gasteiger partial charge on any atom is 0.310 e. The highest BCUT2D eigenvalue weighted by atomic mass is 79.9. The Morgan fingerprint density at radius 3 is 2.62 bits per heavy atom. The Balaban J connectivity index is 1.57. The molecule has 0 atom stereocenters. The zero-order chi connectivity index (χ0) is 18.5. The van der Waals surface area contributed by atoms with Crippen LogP contribution in [0.15, 0.2) is 65.1 Å². The minimum atomic E-state index is -0.600. The maximum absolute atomic E-state index is 13.7. The molecule has 6 heteroatoms. The van der Waals surface area contributed by atoms with Crippen molar-refractivity contribution in [2.24, 2.45) is 0 Å². The number of anilines is 1. The number of fused-ring (bicyclic) bond motifs is 1. The van der Waals surface area contributed by atoms with Gasteiger partial charge in [-0.15, -0.1) is 0 Å². The topological polar surface area (TPSA) is 55.4 Å². The maximum atomic E-state index is 13.7. The number of carbonyl (C=O) groups is 2. The summed E-state index contributed by atoms with van der Waals surface area (Å²) in [4.78, 5) is 23.9. The predicted octanol–water partition coefficient (Wildman–Crippen LogP) is 4.47. The number of benzene rings is 3. The Morgan fingerprint density at radius 1 is 1.04 bits per heavy atom. The van der Waals surface area contributed by atoms with Gasteiger partial charge in [0, 0.05) is 4.47 Å². The van der Waals surface area contributed by atoms with Crippen LogP contribution in [0.4, 0.5) is 10.1 Å². The molecule has 1 N–H and O–H groups in total. The van der Waals surface area contributed by atoms with Crippen LogP contribution >= 0.6 is 15.9 Å². The summed E-state index contributed by atoms with van der Waals surface area (Å²) in [5.74, 6) is -1.69. The van der Waals surface area contributed by atoms with Crippen molar-refractivity contribution in [1.29, 1.82) is 0 Å². The highest BCUT2D eigenvalue weighted by molar-refractivity contribution is 9.10. The number of esters is 1. The molecule has 0 unspecified atom stereocenters. The van der Waals surface area contributed by atoms with Gasteiger partial charge in [0.15, 0.2) is 6.61 Å². The minimum Gasteiger partial charge on any atom is -0.455 e. The van der Waals surface area contributed by atoms with Crippen LogP contribution in [0.25, 0.3) is 10.8 Å². The molecule has 26 heavy (non-hydrogen) atoms. The fraction of sp³-hybridized carbons (Fsp3) is 0.100. The van der Waals surface area contributed by atoms with Crippen molar-refractivity contribution in [3.8, 4) is 0 Å². The molecule has 0 saturated carbocycles.